The number of aromatic nitrogens is 4. The van der Waals surface area contributed by atoms with Crippen LogP contribution in [0.3, 0.4) is 0 Å². The van der Waals surface area contributed by atoms with Crippen molar-refractivity contribution in [2.75, 3.05) is 18.4 Å². The van der Waals surface area contributed by atoms with Gasteiger partial charge in [-0.2, -0.15) is 0 Å². The maximum Gasteiger partial charge on any atom is 0.258 e. The smallest absolute Gasteiger partial charge is 0.258 e. The third kappa shape index (κ3) is 2.52. The summed E-state index contributed by atoms with van der Waals surface area (Å²) in [4.78, 5) is 41.9. The van der Waals surface area contributed by atoms with Crippen LogP contribution in [0.4, 0.5) is 5.82 Å². The van der Waals surface area contributed by atoms with Crippen LogP contribution in [0.5, 0.6) is 0 Å². The van der Waals surface area contributed by atoms with Gasteiger partial charge < -0.3 is 19.6 Å². The Kier molecular flexibility index (Phi) is 3.90. The number of nitrogens with zero attached hydrogens (tertiary/aromatic N) is 4. The van der Waals surface area contributed by atoms with E-state index in [0.29, 0.717) is 59.0 Å². The molecule has 0 bridgehead atoms. The number of H-pyrrole nitrogens is 1. The number of nitrogens with one attached hydrogen (secondary N) is 2. The fourth-order valence-corrected chi connectivity index (χ4v) is 3.30. The summed E-state index contributed by atoms with van der Waals surface area (Å²) < 4.78 is 5.68. The predicted molar refractivity (Wildman–Crippen MR) is 94.0 cm³/mol. The lowest BCUT2D eigenvalue weighted by molar-refractivity contribution is 0.0731. The topological polar surface area (TPSA) is 117 Å². The van der Waals surface area contributed by atoms with Gasteiger partial charge in [0.05, 0.1) is 29.5 Å². The van der Waals surface area contributed by atoms with E-state index in [-0.39, 0.29) is 18.0 Å². The Morgan fingerprint density at radius 3 is 3.04 bits per heavy atom. The van der Waals surface area contributed by atoms with Gasteiger partial charge in [-0.15, -0.1) is 0 Å². The molecule has 0 aliphatic carbocycles. The Hall–Kier alpha value is -3.23. The molecule has 0 atom stereocenters. The quantitative estimate of drug-likeness (QED) is 0.727. The van der Waals surface area contributed by atoms with E-state index in [1.54, 1.807) is 11.8 Å². The summed E-state index contributed by atoms with van der Waals surface area (Å²) in [7, 11) is 0. The highest BCUT2D eigenvalue weighted by Gasteiger charge is 2.29. The third-order valence-corrected chi connectivity index (χ3v) is 4.52. The molecule has 4 heterocycles. The number of amides is 1. The van der Waals surface area contributed by atoms with Crippen LogP contribution in [0.15, 0.2) is 21.9 Å². The molecule has 3 aromatic rings. The molecule has 0 unspecified atom stereocenters. The Morgan fingerprint density at radius 2 is 2.23 bits per heavy atom. The monoisotopic (exact) mass is 354 g/mol. The van der Waals surface area contributed by atoms with Gasteiger partial charge in [0, 0.05) is 18.7 Å². The molecular formula is C17H18N6O3. The van der Waals surface area contributed by atoms with Crippen molar-refractivity contribution in [1.29, 1.82) is 0 Å². The molecule has 3 aromatic heterocycles. The van der Waals surface area contributed by atoms with Crippen molar-refractivity contribution in [2.24, 2.45) is 0 Å². The number of furan rings is 1. The second-order valence-electron chi connectivity index (χ2n) is 6.10. The minimum Gasteiger partial charge on any atom is -0.442 e. The Labute approximate surface area is 148 Å². The van der Waals surface area contributed by atoms with E-state index in [2.05, 4.69) is 25.3 Å². The molecule has 0 saturated carbocycles. The first kappa shape index (κ1) is 16.2. The number of carbonyl (C=O) groups excluding carboxylic acids is 1. The van der Waals surface area contributed by atoms with E-state index in [9.17, 15) is 9.59 Å². The van der Waals surface area contributed by atoms with Gasteiger partial charge in [0.1, 0.15) is 17.9 Å². The molecule has 2 N–H and O–H groups in total. The van der Waals surface area contributed by atoms with Crippen LogP contribution in [0, 0.1) is 6.92 Å². The van der Waals surface area contributed by atoms with Crippen molar-refractivity contribution in [2.45, 2.75) is 26.8 Å². The maximum absolute atomic E-state index is 13.2. The molecule has 9 heteroatoms. The van der Waals surface area contributed by atoms with Crippen LogP contribution in [-0.4, -0.2) is 43.8 Å². The number of carbonyl (C=O) groups is 1. The lowest BCUT2D eigenvalue weighted by atomic mass is 10.0. The highest BCUT2D eigenvalue weighted by atomic mass is 16.3. The average molecular weight is 354 g/mol. The van der Waals surface area contributed by atoms with E-state index in [1.165, 1.54) is 12.7 Å². The van der Waals surface area contributed by atoms with Crippen molar-refractivity contribution >= 4 is 22.8 Å². The molecule has 134 valence electrons. The summed E-state index contributed by atoms with van der Waals surface area (Å²) in [6.07, 6.45) is 3.24. The van der Waals surface area contributed by atoms with Crippen molar-refractivity contribution < 1.29 is 9.21 Å². The molecule has 4 rings (SSSR count). The number of rotatable bonds is 3. The van der Waals surface area contributed by atoms with Gasteiger partial charge in [-0.1, -0.05) is 0 Å². The zero-order valence-electron chi connectivity index (χ0n) is 14.5. The van der Waals surface area contributed by atoms with Crippen molar-refractivity contribution in [3.05, 3.63) is 45.6 Å². The van der Waals surface area contributed by atoms with Crippen LogP contribution >= 0.6 is 0 Å². The lowest BCUT2D eigenvalue weighted by Gasteiger charge is -2.27. The Morgan fingerprint density at radius 1 is 1.38 bits per heavy atom. The molecule has 0 radical (unpaired) electrons. The summed E-state index contributed by atoms with van der Waals surface area (Å²) in [5.74, 6) is 0.891. The van der Waals surface area contributed by atoms with Gasteiger partial charge in [0.15, 0.2) is 0 Å². The van der Waals surface area contributed by atoms with Crippen molar-refractivity contribution in [1.82, 2.24) is 24.8 Å². The van der Waals surface area contributed by atoms with E-state index in [1.807, 2.05) is 6.92 Å². The lowest BCUT2D eigenvalue weighted by Crippen LogP contribution is -2.39. The average Bonchev–Trinajstić information content (AvgIpc) is 2.98. The van der Waals surface area contributed by atoms with Crippen LogP contribution < -0.4 is 10.9 Å². The molecule has 0 aromatic carbocycles. The van der Waals surface area contributed by atoms with Gasteiger partial charge in [-0.25, -0.2) is 15.0 Å². The minimum absolute atomic E-state index is 0.144. The molecule has 1 aliphatic rings. The predicted octanol–water partition coefficient (Wildman–Crippen LogP) is 1.24. The summed E-state index contributed by atoms with van der Waals surface area (Å²) in [5.41, 5.74) is 1.95. The zero-order chi connectivity index (χ0) is 18.3. The van der Waals surface area contributed by atoms with Gasteiger partial charge in [-0.3, -0.25) is 9.59 Å². The van der Waals surface area contributed by atoms with Crippen molar-refractivity contribution in [3.8, 4) is 0 Å². The van der Waals surface area contributed by atoms with Gasteiger partial charge in [-0.05, 0) is 20.3 Å². The van der Waals surface area contributed by atoms with E-state index in [0.717, 1.165) is 0 Å². The SMILES string of the molecule is CCNc1ncnc2oc(C)c(C(=O)N3CCc4c(nc[nH]c4=O)C3)c12. The summed E-state index contributed by atoms with van der Waals surface area (Å²) in [6, 6.07) is 0. The molecule has 0 saturated heterocycles. The third-order valence-electron chi connectivity index (χ3n) is 4.52. The summed E-state index contributed by atoms with van der Waals surface area (Å²) >= 11 is 0. The van der Waals surface area contributed by atoms with E-state index < -0.39 is 0 Å². The fourth-order valence-electron chi connectivity index (χ4n) is 3.30. The summed E-state index contributed by atoms with van der Waals surface area (Å²) in [6.45, 7) is 5.08. The number of anilines is 1. The van der Waals surface area contributed by atoms with E-state index in [4.69, 9.17) is 4.42 Å². The molecule has 0 spiro atoms. The molecule has 0 fully saturated rings. The maximum atomic E-state index is 13.2. The Bertz CT molecular complexity index is 1050. The van der Waals surface area contributed by atoms with Gasteiger partial charge in [0.25, 0.3) is 11.5 Å². The number of hydrogen-bond donors (Lipinski definition) is 2. The normalized spacial score (nSPS) is 13.7. The largest absolute Gasteiger partial charge is 0.442 e. The standard InChI is InChI=1S/C17H18N6O3/c1-3-18-14-13-12(9(2)26-16(13)22-8-20-14)17(25)23-5-4-10-11(6-23)19-7-21-15(10)24/h7-8H,3-6H2,1-2H3,(H,18,20,22)(H,19,21,24). The number of aryl methyl sites for hydroxylation is 1. The second kappa shape index (κ2) is 6.25. The fraction of sp³-hybridized carbons (Fsp3) is 0.353. The minimum atomic E-state index is -0.178. The first-order chi connectivity index (χ1) is 12.6. The summed E-state index contributed by atoms with van der Waals surface area (Å²) in [5, 5.41) is 3.73. The molecular weight excluding hydrogens is 336 g/mol. The first-order valence-corrected chi connectivity index (χ1v) is 8.42. The van der Waals surface area contributed by atoms with Gasteiger partial charge >= 0.3 is 0 Å². The number of fused-ring (bicyclic) bond motifs is 2. The second-order valence-corrected chi connectivity index (χ2v) is 6.10. The molecule has 26 heavy (non-hydrogen) atoms. The van der Waals surface area contributed by atoms with Crippen LogP contribution in [0.25, 0.3) is 11.1 Å². The van der Waals surface area contributed by atoms with Gasteiger partial charge in [0.2, 0.25) is 5.71 Å². The zero-order valence-corrected chi connectivity index (χ0v) is 14.5. The number of aromatic amines is 1. The number of hydrogen-bond acceptors (Lipinski definition) is 7. The highest BCUT2D eigenvalue weighted by molar-refractivity contribution is 6.10. The Balaban J connectivity index is 1.75. The van der Waals surface area contributed by atoms with E-state index >= 15 is 0 Å². The highest BCUT2D eigenvalue weighted by Crippen LogP contribution is 2.31. The first-order valence-electron chi connectivity index (χ1n) is 8.42. The molecule has 1 amide bonds. The van der Waals surface area contributed by atoms with Crippen molar-refractivity contribution in [3.63, 3.8) is 0 Å². The molecule has 1 aliphatic heterocycles. The molecule has 9 nitrogen and oxygen atoms in total. The van der Waals surface area contributed by atoms with Crippen LogP contribution in [-0.2, 0) is 13.0 Å². The van der Waals surface area contributed by atoms with Crippen LogP contribution in [0.1, 0.15) is 34.3 Å². The van der Waals surface area contributed by atoms with Crippen LogP contribution in [0.2, 0.25) is 0 Å².